The molecular weight excluding hydrogens is 276 g/mol. The molecule has 1 aromatic rings. The largest absolute Gasteiger partial charge is 0.394 e. The van der Waals surface area contributed by atoms with Gasteiger partial charge < -0.3 is 15.6 Å². The van der Waals surface area contributed by atoms with Gasteiger partial charge in [0.05, 0.1) is 0 Å². The molecule has 0 saturated carbocycles. The molecule has 1 aromatic heterocycles. The number of nitrogens with one attached hydrogen (secondary N) is 2. The van der Waals surface area contributed by atoms with Gasteiger partial charge in [-0.1, -0.05) is 5.16 Å². The molecule has 0 radical (unpaired) electrons. The minimum absolute atomic E-state index is 0.0833. The first-order valence-corrected chi connectivity index (χ1v) is 5.20. The highest BCUT2D eigenvalue weighted by Gasteiger charge is 2.11. The van der Waals surface area contributed by atoms with Crippen LogP contribution in [0.25, 0.3) is 0 Å². The molecule has 0 fully saturated rings. The fourth-order valence-electron chi connectivity index (χ4n) is 1.07. The number of nitrogens with two attached hydrogens (primary N) is 1. The average Bonchev–Trinajstić information content (AvgIpc) is 2.65. The van der Waals surface area contributed by atoms with Crippen LogP contribution in [0.5, 0.6) is 0 Å². The summed E-state index contributed by atoms with van der Waals surface area (Å²) in [5, 5.41) is 13.8. The van der Waals surface area contributed by atoms with Gasteiger partial charge in [0.1, 0.15) is 10.4 Å². The molecule has 0 aromatic carbocycles. The van der Waals surface area contributed by atoms with Gasteiger partial charge >= 0.3 is 0 Å². The van der Waals surface area contributed by atoms with Crippen LogP contribution in [0.15, 0.2) is 22.4 Å². The van der Waals surface area contributed by atoms with E-state index in [2.05, 4.69) is 26.4 Å². The lowest BCUT2D eigenvalue weighted by molar-refractivity contribution is 0.0991. The second-order valence-corrected chi connectivity index (χ2v) is 3.78. The van der Waals surface area contributed by atoms with Gasteiger partial charge in [0, 0.05) is 31.3 Å². The van der Waals surface area contributed by atoms with Crippen LogP contribution < -0.4 is 11.1 Å². The third kappa shape index (κ3) is 3.20. The fraction of sp³-hybridized carbons (Fsp3) is 0.222. The molecule has 0 aliphatic carbocycles. The Labute approximate surface area is 101 Å². The molecule has 7 heteroatoms. The van der Waals surface area contributed by atoms with Crippen LogP contribution in [0.4, 0.5) is 0 Å². The van der Waals surface area contributed by atoms with Crippen LogP contribution in [0.3, 0.4) is 0 Å². The zero-order valence-electron chi connectivity index (χ0n) is 8.58. The molecule has 16 heavy (non-hydrogen) atoms. The van der Waals surface area contributed by atoms with Crippen LogP contribution in [-0.2, 0) is 6.42 Å². The smallest absolute Gasteiger partial charge is 0.270 e. The number of primary amides is 1. The fourth-order valence-corrected chi connectivity index (χ4v) is 1.32. The van der Waals surface area contributed by atoms with Crippen molar-refractivity contribution < 1.29 is 9.32 Å². The van der Waals surface area contributed by atoms with Crippen molar-refractivity contribution in [2.45, 2.75) is 6.42 Å². The van der Waals surface area contributed by atoms with Gasteiger partial charge in [-0.15, -0.1) is 0 Å². The predicted molar refractivity (Wildman–Crippen MR) is 62.5 cm³/mol. The molecule has 1 amide bonds. The average molecular weight is 287 g/mol. The van der Waals surface area contributed by atoms with Crippen LogP contribution in [0.1, 0.15) is 16.2 Å². The van der Waals surface area contributed by atoms with E-state index in [1.165, 1.54) is 6.07 Å². The summed E-state index contributed by atoms with van der Waals surface area (Å²) in [7, 11) is 1.73. The number of aromatic nitrogens is 1. The van der Waals surface area contributed by atoms with E-state index in [9.17, 15) is 4.79 Å². The summed E-state index contributed by atoms with van der Waals surface area (Å²) in [6.07, 6.45) is 2.01. The van der Waals surface area contributed by atoms with Crippen molar-refractivity contribution in [2.75, 3.05) is 7.05 Å². The second-order valence-electron chi connectivity index (χ2n) is 2.99. The molecule has 6 nitrogen and oxygen atoms in total. The van der Waals surface area contributed by atoms with Crippen LogP contribution >= 0.6 is 15.9 Å². The molecule has 86 valence electrons. The number of carbonyl (C=O) groups excluding carboxylic acids is 1. The number of carbonyl (C=O) groups is 1. The summed E-state index contributed by atoms with van der Waals surface area (Å²) < 4.78 is 5.15. The number of hydrogen-bond donors (Lipinski definition) is 3. The Bertz CT molecular complexity index is 438. The van der Waals surface area contributed by atoms with E-state index >= 15 is 0 Å². The highest BCUT2D eigenvalue weighted by molar-refractivity contribution is 9.18. The molecule has 1 rings (SSSR count). The standard InChI is InChI=1S/C9H11BrN4O2/c1-13-4-5(8(10)11)2-6-3-7(9(12)15)14-16-6/h3-4,11,13H,2H2,1H3,(H2,12,15)/b5-4-,11-8?. The summed E-state index contributed by atoms with van der Waals surface area (Å²) in [5.74, 6) is -0.164. The van der Waals surface area contributed by atoms with E-state index < -0.39 is 5.91 Å². The van der Waals surface area contributed by atoms with Gasteiger partial charge in [0.2, 0.25) is 0 Å². The van der Waals surface area contributed by atoms with Gasteiger partial charge in [-0.2, -0.15) is 0 Å². The summed E-state index contributed by atoms with van der Waals surface area (Å²) >= 11 is 3.06. The van der Waals surface area contributed by atoms with Gasteiger partial charge in [-0.05, 0) is 15.9 Å². The zero-order valence-corrected chi connectivity index (χ0v) is 10.2. The lowest BCUT2D eigenvalue weighted by Crippen LogP contribution is -2.10. The maximum atomic E-state index is 10.8. The first-order valence-electron chi connectivity index (χ1n) is 4.40. The first-order chi connectivity index (χ1) is 7.54. The number of nitrogens with zero attached hydrogens (tertiary/aromatic N) is 1. The first kappa shape index (κ1) is 12.4. The highest BCUT2D eigenvalue weighted by atomic mass is 79.9. The third-order valence-corrected chi connectivity index (χ3v) is 2.29. The molecule has 0 unspecified atom stereocenters. The topological polar surface area (TPSA) is 105 Å². The van der Waals surface area contributed by atoms with Crippen molar-refractivity contribution >= 4 is 26.5 Å². The number of amides is 1. The van der Waals surface area contributed by atoms with Gasteiger partial charge in [-0.3, -0.25) is 10.2 Å². The molecule has 0 saturated heterocycles. The van der Waals surface area contributed by atoms with E-state index in [-0.39, 0.29) is 10.3 Å². The molecular formula is C9H11BrN4O2. The van der Waals surface area contributed by atoms with Crippen molar-refractivity contribution in [1.29, 1.82) is 5.41 Å². The number of rotatable bonds is 5. The number of hydrogen-bond acceptors (Lipinski definition) is 5. The van der Waals surface area contributed by atoms with Crippen molar-refractivity contribution in [2.24, 2.45) is 5.73 Å². The van der Waals surface area contributed by atoms with Crippen LogP contribution in [-0.4, -0.2) is 22.7 Å². The second kappa shape index (κ2) is 5.45. The molecule has 1 heterocycles. The maximum absolute atomic E-state index is 10.8. The van der Waals surface area contributed by atoms with E-state index in [0.717, 1.165) is 0 Å². The maximum Gasteiger partial charge on any atom is 0.270 e. The summed E-state index contributed by atoms with van der Waals surface area (Å²) in [6.45, 7) is 0. The summed E-state index contributed by atoms with van der Waals surface area (Å²) in [6, 6.07) is 1.46. The van der Waals surface area contributed by atoms with Crippen molar-refractivity contribution in [1.82, 2.24) is 10.5 Å². The van der Waals surface area contributed by atoms with Crippen molar-refractivity contribution in [3.05, 3.63) is 29.3 Å². The zero-order chi connectivity index (χ0) is 12.1. The number of allylic oxidation sites excluding steroid dienone is 1. The Morgan fingerprint density at radius 2 is 2.50 bits per heavy atom. The molecule has 0 aliphatic heterocycles. The third-order valence-electron chi connectivity index (χ3n) is 1.78. The quantitative estimate of drug-likeness (QED) is 0.696. The van der Waals surface area contributed by atoms with Gasteiger partial charge in [-0.25, -0.2) is 0 Å². The van der Waals surface area contributed by atoms with E-state index in [0.29, 0.717) is 17.8 Å². The minimum atomic E-state index is -0.636. The Balaban J connectivity index is 2.82. The SMILES string of the molecule is CN/C=C(/Cc1cc(C(N)=O)no1)C(=N)Br. The molecule has 4 N–H and O–H groups in total. The van der Waals surface area contributed by atoms with E-state index in [1.54, 1.807) is 13.2 Å². The molecule has 0 spiro atoms. The van der Waals surface area contributed by atoms with Crippen molar-refractivity contribution in [3.8, 4) is 0 Å². The normalized spacial score (nSPS) is 11.2. The van der Waals surface area contributed by atoms with Crippen LogP contribution in [0.2, 0.25) is 0 Å². The summed E-state index contributed by atoms with van der Waals surface area (Å²) in [4.78, 5) is 10.8. The Morgan fingerprint density at radius 3 is 2.94 bits per heavy atom. The minimum Gasteiger partial charge on any atom is -0.394 e. The van der Waals surface area contributed by atoms with Crippen LogP contribution in [0, 0.1) is 5.41 Å². The molecule has 0 bridgehead atoms. The van der Waals surface area contributed by atoms with E-state index in [4.69, 9.17) is 15.7 Å². The number of halogens is 1. The Morgan fingerprint density at radius 1 is 1.81 bits per heavy atom. The summed E-state index contributed by atoms with van der Waals surface area (Å²) in [5.41, 5.74) is 5.80. The van der Waals surface area contributed by atoms with Gasteiger partial charge in [0.25, 0.3) is 5.91 Å². The van der Waals surface area contributed by atoms with E-state index in [1.807, 2.05) is 0 Å². The Kier molecular flexibility index (Phi) is 4.24. The highest BCUT2D eigenvalue weighted by Crippen LogP contribution is 2.12. The van der Waals surface area contributed by atoms with Gasteiger partial charge in [0.15, 0.2) is 5.69 Å². The Hall–Kier alpha value is -1.63. The lowest BCUT2D eigenvalue weighted by Gasteiger charge is -2.00. The lowest BCUT2D eigenvalue weighted by atomic mass is 10.2. The predicted octanol–water partition coefficient (Wildman–Crippen LogP) is 0.791. The van der Waals surface area contributed by atoms with Crippen molar-refractivity contribution in [3.63, 3.8) is 0 Å². The molecule has 0 aliphatic rings. The molecule has 0 atom stereocenters. The monoisotopic (exact) mass is 286 g/mol.